The molecule has 1 unspecified atom stereocenters. The van der Waals surface area contributed by atoms with E-state index in [1.807, 2.05) is 12.3 Å². The van der Waals surface area contributed by atoms with Crippen LogP contribution < -0.4 is 11.1 Å². The van der Waals surface area contributed by atoms with Gasteiger partial charge in [-0.05, 0) is 37.3 Å². The Kier molecular flexibility index (Phi) is 3.98. The number of aryl methyl sites for hydroxylation is 1. The van der Waals surface area contributed by atoms with Gasteiger partial charge in [0.1, 0.15) is 0 Å². The Labute approximate surface area is 119 Å². The number of primary amides is 1. The summed E-state index contributed by atoms with van der Waals surface area (Å²) in [4.78, 5) is 17.6. The molecule has 1 aliphatic heterocycles. The Morgan fingerprint density at radius 3 is 2.95 bits per heavy atom. The maximum Gasteiger partial charge on any atom is 0.231 e. The monoisotopic (exact) mass is 274 g/mol. The van der Waals surface area contributed by atoms with Gasteiger partial charge in [-0.1, -0.05) is 6.07 Å². The van der Waals surface area contributed by atoms with Gasteiger partial charge in [0.05, 0.1) is 18.3 Å². The number of pyridine rings is 1. The van der Waals surface area contributed by atoms with Gasteiger partial charge in [0.2, 0.25) is 5.91 Å². The maximum absolute atomic E-state index is 10.9. The minimum atomic E-state index is -0.231. The molecule has 1 amide bonds. The summed E-state index contributed by atoms with van der Waals surface area (Å²) in [6, 6.07) is 5.12. The Hall–Kier alpha value is -1.46. The number of amides is 1. The molecule has 3 N–H and O–H groups in total. The van der Waals surface area contributed by atoms with Gasteiger partial charge in [-0.2, -0.15) is 0 Å². The predicted molar refractivity (Wildman–Crippen MR) is 77.1 cm³/mol. The molecule has 1 aromatic rings. The van der Waals surface area contributed by atoms with Crippen molar-refractivity contribution in [1.82, 2.24) is 15.2 Å². The quantitative estimate of drug-likeness (QED) is 0.844. The summed E-state index contributed by atoms with van der Waals surface area (Å²) in [6.45, 7) is 2.28. The fourth-order valence-electron chi connectivity index (χ4n) is 3.34. The lowest BCUT2D eigenvalue weighted by Crippen LogP contribution is -2.45. The molecule has 1 aliphatic carbocycles. The molecule has 108 valence electrons. The zero-order valence-electron chi connectivity index (χ0n) is 11.7. The Morgan fingerprint density at radius 2 is 2.20 bits per heavy atom. The van der Waals surface area contributed by atoms with Crippen LogP contribution in [0.4, 0.5) is 0 Å². The standard InChI is InChI=1S/C15H22N4O/c16-14(20)10-19-8-5-12(6-9-19)18-13-4-3-11-2-1-7-17-15(11)13/h1-2,7,12-13,18H,3-6,8-10H2,(H2,16,20). The summed E-state index contributed by atoms with van der Waals surface area (Å²) in [7, 11) is 0. The van der Waals surface area contributed by atoms with Crippen LogP contribution in [0.1, 0.15) is 36.6 Å². The number of carbonyl (C=O) groups excluding carboxylic acids is 1. The van der Waals surface area contributed by atoms with Crippen molar-refractivity contribution in [3.05, 3.63) is 29.6 Å². The number of nitrogens with zero attached hydrogens (tertiary/aromatic N) is 2. The Balaban J connectivity index is 1.52. The highest BCUT2D eigenvalue weighted by Gasteiger charge is 2.27. The van der Waals surface area contributed by atoms with E-state index < -0.39 is 0 Å². The second-order valence-electron chi connectivity index (χ2n) is 5.82. The van der Waals surface area contributed by atoms with Crippen LogP contribution in [-0.2, 0) is 11.2 Å². The molecule has 1 aromatic heterocycles. The third kappa shape index (κ3) is 2.99. The van der Waals surface area contributed by atoms with Gasteiger partial charge in [-0.15, -0.1) is 0 Å². The van der Waals surface area contributed by atoms with E-state index in [0.29, 0.717) is 18.6 Å². The molecule has 1 atom stereocenters. The van der Waals surface area contributed by atoms with E-state index in [9.17, 15) is 4.79 Å². The minimum Gasteiger partial charge on any atom is -0.369 e. The van der Waals surface area contributed by atoms with E-state index in [2.05, 4.69) is 21.3 Å². The fourth-order valence-corrected chi connectivity index (χ4v) is 3.34. The van der Waals surface area contributed by atoms with E-state index in [4.69, 9.17) is 5.73 Å². The molecule has 5 heteroatoms. The highest BCUT2D eigenvalue weighted by molar-refractivity contribution is 5.75. The second kappa shape index (κ2) is 5.89. The molecule has 5 nitrogen and oxygen atoms in total. The molecule has 0 spiro atoms. The molecule has 2 aliphatic rings. The summed E-state index contributed by atoms with van der Waals surface area (Å²) in [6.07, 6.45) is 6.31. The van der Waals surface area contributed by atoms with Gasteiger partial charge in [-0.3, -0.25) is 14.7 Å². The average molecular weight is 274 g/mol. The summed E-state index contributed by atoms with van der Waals surface area (Å²) in [5, 5.41) is 3.74. The maximum atomic E-state index is 10.9. The van der Waals surface area contributed by atoms with Gasteiger partial charge < -0.3 is 11.1 Å². The molecule has 0 radical (unpaired) electrons. The molecule has 2 heterocycles. The van der Waals surface area contributed by atoms with E-state index in [-0.39, 0.29) is 5.91 Å². The lowest BCUT2D eigenvalue weighted by Gasteiger charge is -2.33. The zero-order valence-corrected chi connectivity index (χ0v) is 11.7. The molecule has 1 fully saturated rings. The number of hydrogen-bond acceptors (Lipinski definition) is 4. The van der Waals surface area contributed by atoms with Gasteiger partial charge in [-0.25, -0.2) is 0 Å². The van der Waals surface area contributed by atoms with Crippen molar-refractivity contribution in [1.29, 1.82) is 0 Å². The molecule has 0 aromatic carbocycles. The van der Waals surface area contributed by atoms with E-state index >= 15 is 0 Å². The number of likely N-dealkylation sites (tertiary alicyclic amines) is 1. The van der Waals surface area contributed by atoms with Crippen LogP contribution in [0.15, 0.2) is 18.3 Å². The van der Waals surface area contributed by atoms with Gasteiger partial charge in [0, 0.05) is 25.3 Å². The average Bonchev–Trinajstić information content (AvgIpc) is 2.84. The predicted octanol–water partition coefficient (Wildman–Crippen LogP) is 0.608. The second-order valence-corrected chi connectivity index (χ2v) is 5.82. The smallest absolute Gasteiger partial charge is 0.231 e. The van der Waals surface area contributed by atoms with Crippen molar-refractivity contribution in [2.24, 2.45) is 5.73 Å². The molecule has 20 heavy (non-hydrogen) atoms. The van der Waals surface area contributed by atoms with Crippen molar-refractivity contribution in [3.8, 4) is 0 Å². The van der Waals surface area contributed by atoms with Crippen LogP contribution in [0.2, 0.25) is 0 Å². The van der Waals surface area contributed by atoms with Crippen molar-refractivity contribution in [2.45, 2.75) is 37.8 Å². The van der Waals surface area contributed by atoms with Gasteiger partial charge >= 0.3 is 0 Å². The number of carbonyl (C=O) groups is 1. The normalized spacial score (nSPS) is 23.7. The van der Waals surface area contributed by atoms with Crippen LogP contribution in [0, 0.1) is 0 Å². The third-order valence-corrected chi connectivity index (χ3v) is 4.36. The molecule has 3 rings (SSSR count). The lowest BCUT2D eigenvalue weighted by molar-refractivity contribution is -0.119. The number of fused-ring (bicyclic) bond motifs is 1. The van der Waals surface area contributed by atoms with Crippen LogP contribution in [0.25, 0.3) is 0 Å². The summed E-state index contributed by atoms with van der Waals surface area (Å²) < 4.78 is 0. The number of nitrogens with one attached hydrogen (secondary N) is 1. The van der Waals surface area contributed by atoms with Crippen LogP contribution in [0.5, 0.6) is 0 Å². The lowest BCUT2D eigenvalue weighted by atomic mass is 10.0. The highest BCUT2D eigenvalue weighted by atomic mass is 16.1. The minimum absolute atomic E-state index is 0.231. The number of nitrogens with two attached hydrogens (primary N) is 1. The number of hydrogen-bond donors (Lipinski definition) is 2. The molecule has 0 saturated carbocycles. The summed E-state index contributed by atoms with van der Waals surface area (Å²) in [5.74, 6) is -0.231. The van der Waals surface area contributed by atoms with Crippen molar-refractivity contribution in [3.63, 3.8) is 0 Å². The highest BCUT2D eigenvalue weighted by Crippen LogP contribution is 2.30. The van der Waals surface area contributed by atoms with Crippen LogP contribution in [0.3, 0.4) is 0 Å². The van der Waals surface area contributed by atoms with E-state index in [1.165, 1.54) is 11.3 Å². The topological polar surface area (TPSA) is 71.2 Å². The Morgan fingerprint density at radius 1 is 1.40 bits per heavy atom. The van der Waals surface area contributed by atoms with Crippen LogP contribution >= 0.6 is 0 Å². The first-order valence-corrected chi connectivity index (χ1v) is 7.43. The zero-order chi connectivity index (χ0) is 13.9. The number of piperidine rings is 1. The van der Waals surface area contributed by atoms with E-state index in [1.54, 1.807) is 0 Å². The first kappa shape index (κ1) is 13.5. The third-order valence-electron chi connectivity index (χ3n) is 4.36. The molecule has 1 saturated heterocycles. The summed E-state index contributed by atoms with van der Waals surface area (Å²) >= 11 is 0. The number of rotatable bonds is 4. The first-order valence-electron chi connectivity index (χ1n) is 7.43. The molecular formula is C15H22N4O. The van der Waals surface area contributed by atoms with Crippen molar-refractivity contribution < 1.29 is 4.79 Å². The first-order chi connectivity index (χ1) is 9.72. The van der Waals surface area contributed by atoms with Crippen molar-refractivity contribution >= 4 is 5.91 Å². The molecule has 0 bridgehead atoms. The largest absolute Gasteiger partial charge is 0.369 e. The van der Waals surface area contributed by atoms with Gasteiger partial charge in [0.15, 0.2) is 0 Å². The van der Waals surface area contributed by atoms with Crippen molar-refractivity contribution in [2.75, 3.05) is 19.6 Å². The summed E-state index contributed by atoms with van der Waals surface area (Å²) in [5.41, 5.74) is 7.85. The molecular weight excluding hydrogens is 252 g/mol. The SMILES string of the molecule is NC(=O)CN1CCC(NC2CCc3cccnc32)CC1. The van der Waals surface area contributed by atoms with Crippen LogP contribution in [-0.4, -0.2) is 41.5 Å². The van der Waals surface area contributed by atoms with Gasteiger partial charge in [0.25, 0.3) is 0 Å². The fraction of sp³-hybridized carbons (Fsp3) is 0.600. The Bertz CT molecular complexity index is 483. The van der Waals surface area contributed by atoms with E-state index in [0.717, 1.165) is 38.8 Å². The number of aromatic nitrogens is 1.